The van der Waals surface area contributed by atoms with Crippen LogP contribution in [-0.2, 0) is 14.3 Å². The molecule has 0 bridgehead atoms. The second-order valence-corrected chi connectivity index (χ2v) is 8.43. The van der Waals surface area contributed by atoms with Crippen molar-refractivity contribution in [3.63, 3.8) is 0 Å². The number of nitrogens with one attached hydrogen (secondary N) is 1. The molecule has 1 aliphatic rings. The third kappa shape index (κ3) is 3.48. The fourth-order valence-corrected chi connectivity index (χ4v) is 4.90. The van der Waals surface area contributed by atoms with Gasteiger partial charge >= 0.3 is 5.97 Å². The maximum absolute atomic E-state index is 13.9. The van der Waals surface area contributed by atoms with Crippen molar-refractivity contribution >= 4 is 39.8 Å². The van der Waals surface area contributed by atoms with Gasteiger partial charge in [0, 0.05) is 29.2 Å². The number of aromatic amines is 1. The minimum Gasteiger partial charge on any atom is -0.465 e. The van der Waals surface area contributed by atoms with Crippen LogP contribution in [-0.4, -0.2) is 39.6 Å². The van der Waals surface area contributed by atoms with Gasteiger partial charge in [0.25, 0.3) is 0 Å². The summed E-state index contributed by atoms with van der Waals surface area (Å²) in [5.41, 5.74) is 3.54. The number of esters is 1. The van der Waals surface area contributed by atoms with Gasteiger partial charge in [-0.1, -0.05) is 50.1 Å². The number of rotatable bonds is 7. The number of imidazole rings is 1. The molecule has 0 saturated carbocycles. The van der Waals surface area contributed by atoms with Crippen LogP contribution in [0.1, 0.15) is 44.7 Å². The number of hydrogen-bond donors (Lipinski definition) is 1. The highest BCUT2D eigenvalue weighted by Gasteiger charge is 2.48. The Kier molecular flexibility index (Phi) is 5.62. The highest BCUT2D eigenvalue weighted by Crippen LogP contribution is 2.43. The lowest BCUT2D eigenvalue weighted by Gasteiger charge is -2.37. The summed E-state index contributed by atoms with van der Waals surface area (Å²) >= 11 is 0. The lowest BCUT2D eigenvalue weighted by molar-refractivity contribution is -0.153. The van der Waals surface area contributed by atoms with Crippen LogP contribution in [0.4, 0.5) is 5.95 Å². The number of aromatic nitrogens is 3. The Morgan fingerprint density at radius 3 is 2.70 bits per heavy atom. The monoisotopic (exact) mass is 444 g/mol. The summed E-state index contributed by atoms with van der Waals surface area (Å²) in [6.07, 6.45) is 4.79. The van der Waals surface area contributed by atoms with Crippen molar-refractivity contribution in [1.82, 2.24) is 14.5 Å². The lowest BCUT2D eigenvalue weighted by atomic mass is 9.89. The molecule has 4 aromatic rings. The lowest BCUT2D eigenvalue weighted by Crippen LogP contribution is -2.50. The van der Waals surface area contributed by atoms with E-state index in [4.69, 9.17) is 9.72 Å². The van der Waals surface area contributed by atoms with Crippen molar-refractivity contribution in [2.24, 2.45) is 5.92 Å². The molecule has 1 amide bonds. The number of para-hydroxylation sites is 3. The Morgan fingerprint density at radius 2 is 1.88 bits per heavy atom. The number of unbranched alkanes of at least 4 members (excludes halogenated alkanes) is 2. The average molecular weight is 445 g/mol. The molecule has 0 unspecified atom stereocenters. The minimum absolute atomic E-state index is 0.219. The van der Waals surface area contributed by atoms with E-state index in [2.05, 4.69) is 16.5 Å². The van der Waals surface area contributed by atoms with Gasteiger partial charge in [-0.25, -0.2) is 4.98 Å². The van der Waals surface area contributed by atoms with E-state index in [0.29, 0.717) is 12.5 Å². The molecule has 7 heteroatoms. The van der Waals surface area contributed by atoms with Crippen molar-refractivity contribution in [3.8, 4) is 0 Å². The molecular formula is C26H28N4O3. The minimum atomic E-state index is -0.990. The van der Waals surface area contributed by atoms with Crippen molar-refractivity contribution in [2.75, 3.05) is 18.1 Å². The molecule has 7 nitrogen and oxygen atoms in total. The largest absolute Gasteiger partial charge is 0.465 e. The van der Waals surface area contributed by atoms with Crippen molar-refractivity contribution in [1.29, 1.82) is 0 Å². The van der Waals surface area contributed by atoms with Crippen LogP contribution in [0.5, 0.6) is 0 Å². The van der Waals surface area contributed by atoms with E-state index >= 15 is 0 Å². The Morgan fingerprint density at radius 1 is 1.09 bits per heavy atom. The zero-order chi connectivity index (χ0) is 22.9. The van der Waals surface area contributed by atoms with Gasteiger partial charge in [0.2, 0.25) is 11.9 Å². The quantitative estimate of drug-likeness (QED) is 0.252. The van der Waals surface area contributed by atoms with E-state index in [-0.39, 0.29) is 12.5 Å². The van der Waals surface area contributed by atoms with E-state index in [9.17, 15) is 9.59 Å². The molecule has 0 radical (unpaired) electrons. The zero-order valence-electron chi connectivity index (χ0n) is 19.0. The molecule has 3 heterocycles. The van der Waals surface area contributed by atoms with Crippen LogP contribution >= 0.6 is 0 Å². The van der Waals surface area contributed by atoms with Crippen LogP contribution in [0.15, 0.2) is 54.7 Å². The molecule has 5 rings (SSSR count). The highest BCUT2D eigenvalue weighted by atomic mass is 16.5. The second kappa shape index (κ2) is 8.73. The number of benzene rings is 2. The first-order chi connectivity index (χ1) is 16.2. The number of carbonyl (C=O) groups is 2. The average Bonchev–Trinajstić information content (AvgIpc) is 3.42. The number of anilines is 1. The number of H-pyrrole nitrogens is 1. The van der Waals surface area contributed by atoms with Gasteiger partial charge in [0.05, 0.1) is 23.7 Å². The van der Waals surface area contributed by atoms with Gasteiger partial charge in [-0.05, 0) is 31.5 Å². The first-order valence-electron chi connectivity index (χ1n) is 11.7. The molecule has 2 aromatic heterocycles. The van der Waals surface area contributed by atoms with Crippen molar-refractivity contribution in [2.45, 2.75) is 39.2 Å². The Bertz CT molecular complexity index is 1320. The summed E-state index contributed by atoms with van der Waals surface area (Å²) in [4.78, 5) is 37.0. The Labute approximate surface area is 192 Å². The third-order valence-electron chi connectivity index (χ3n) is 6.41. The van der Waals surface area contributed by atoms with E-state index in [0.717, 1.165) is 46.8 Å². The van der Waals surface area contributed by atoms with Crippen molar-refractivity contribution in [3.05, 3.63) is 60.3 Å². The fourth-order valence-electron chi connectivity index (χ4n) is 4.90. The SMILES string of the molecule is CCCCCN1C(=O)[C@H](C(=O)OCC)[C@H](c2c[nH]c3ccccc23)n2c1nc1ccccc12. The maximum atomic E-state index is 13.9. The summed E-state index contributed by atoms with van der Waals surface area (Å²) in [6.45, 7) is 4.63. The normalized spacial score (nSPS) is 18.1. The molecule has 33 heavy (non-hydrogen) atoms. The van der Waals surface area contributed by atoms with Gasteiger partial charge in [0.1, 0.15) is 0 Å². The third-order valence-corrected chi connectivity index (χ3v) is 6.41. The van der Waals surface area contributed by atoms with E-state index in [1.54, 1.807) is 11.8 Å². The Balaban J connectivity index is 1.76. The second-order valence-electron chi connectivity index (χ2n) is 8.43. The molecule has 0 fully saturated rings. The molecule has 1 N–H and O–H groups in total. The van der Waals surface area contributed by atoms with Gasteiger partial charge in [-0.3, -0.25) is 14.5 Å². The molecule has 0 aliphatic carbocycles. The van der Waals surface area contributed by atoms with Crippen molar-refractivity contribution < 1.29 is 14.3 Å². The predicted molar refractivity (Wildman–Crippen MR) is 128 cm³/mol. The zero-order valence-corrected chi connectivity index (χ0v) is 19.0. The summed E-state index contributed by atoms with van der Waals surface area (Å²) in [6, 6.07) is 15.2. The summed E-state index contributed by atoms with van der Waals surface area (Å²) in [5, 5.41) is 0.979. The maximum Gasteiger partial charge on any atom is 0.321 e. The topological polar surface area (TPSA) is 80.2 Å². The predicted octanol–water partition coefficient (Wildman–Crippen LogP) is 4.82. The van der Waals surface area contributed by atoms with E-state index < -0.39 is 17.9 Å². The molecule has 0 spiro atoms. The molecule has 0 saturated heterocycles. The number of carbonyl (C=O) groups excluding carboxylic acids is 2. The number of hydrogen-bond acceptors (Lipinski definition) is 4. The molecule has 170 valence electrons. The molecular weight excluding hydrogens is 416 g/mol. The Hall–Kier alpha value is -3.61. The molecule has 2 atom stereocenters. The first kappa shape index (κ1) is 21.2. The number of fused-ring (bicyclic) bond motifs is 4. The van der Waals surface area contributed by atoms with Crippen LogP contribution in [0.25, 0.3) is 21.9 Å². The summed E-state index contributed by atoms with van der Waals surface area (Å²) < 4.78 is 7.49. The standard InChI is InChI=1S/C26H28N4O3/c1-3-5-10-15-29-24(31)22(25(32)33-4-2)23(18-16-27-19-12-7-6-11-17(18)19)30-21-14-9-8-13-20(21)28-26(29)30/h6-9,11-14,16,22-23,27H,3-5,10,15H2,1-2H3/t22-,23+/m1/s1. The van der Waals surface area contributed by atoms with Crippen LogP contribution < -0.4 is 4.90 Å². The van der Waals surface area contributed by atoms with Gasteiger partial charge in [-0.15, -0.1) is 0 Å². The summed E-state index contributed by atoms with van der Waals surface area (Å²) in [7, 11) is 0. The number of ether oxygens (including phenoxy) is 1. The van der Waals surface area contributed by atoms with Gasteiger partial charge in [-0.2, -0.15) is 0 Å². The van der Waals surface area contributed by atoms with Crippen LogP contribution in [0, 0.1) is 5.92 Å². The van der Waals surface area contributed by atoms with E-state index in [1.807, 2.05) is 54.7 Å². The smallest absolute Gasteiger partial charge is 0.321 e. The first-order valence-corrected chi connectivity index (χ1v) is 11.7. The van der Waals surface area contributed by atoms with Crippen LogP contribution in [0.3, 0.4) is 0 Å². The van der Waals surface area contributed by atoms with Gasteiger partial charge < -0.3 is 14.3 Å². The summed E-state index contributed by atoms with van der Waals surface area (Å²) in [5.74, 6) is -1.15. The highest BCUT2D eigenvalue weighted by molar-refractivity contribution is 6.09. The fraction of sp³-hybridized carbons (Fsp3) is 0.346. The number of amides is 1. The van der Waals surface area contributed by atoms with Crippen LogP contribution in [0.2, 0.25) is 0 Å². The van der Waals surface area contributed by atoms with E-state index in [1.165, 1.54) is 0 Å². The molecule has 2 aromatic carbocycles. The van der Waals surface area contributed by atoms with Gasteiger partial charge in [0.15, 0.2) is 5.92 Å². The number of nitrogens with zero attached hydrogens (tertiary/aromatic N) is 3. The molecule has 1 aliphatic heterocycles.